The van der Waals surface area contributed by atoms with Gasteiger partial charge in [0.05, 0.1) is 23.6 Å². The molecule has 1 N–H and O–H groups in total. The molecule has 2 unspecified atom stereocenters. The summed E-state index contributed by atoms with van der Waals surface area (Å²) in [5.41, 5.74) is 1.42. The number of H-pyrrole nitrogens is 1. The molecule has 1 saturated carbocycles. The number of benzene rings is 1. The zero-order valence-electron chi connectivity index (χ0n) is 15.9. The number of nitrogens with one attached hydrogen (secondary N) is 1. The SMILES string of the molecule is CCCN(Cc1nc2cc(Cl)ccc2c(=O)[nH]1)C(=O)C1CC1c1cnn(C)c1. The molecule has 1 amide bonds. The van der Waals surface area contributed by atoms with Crippen LogP contribution in [0.15, 0.2) is 35.4 Å². The van der Waals surface area contributed by atoms with Crippen molar-refractivity contribution in [2.45, 2.75) is 32.2 Å². The lowest BCUT2D eigenvalue weighted by atomic mass is 10.2. The average molecular weight is 400 g/mol. The maximum atomic E-state index is 13.1. The summed E-state index contributed by atoms with van der Waals surface area (Å²) in [5.74, 6) is 0.769. The molecule has 28 heavy (non-hydrogen) atoms. The molecule has 146 valence electrons. The number of hydrogen-bond acceptors (Lipinski definition) is 4. The number of amides is 1. The summed E-state index contributed by atoms with van der Waals surface area (Å²) < 4.78 is 1.76. The third-order valence-corrected chi connectivity index (χ3v) is 5.36. The second-order valence-electron chi connectivity index (χ2n) is 7.33. The third-order valence-electron chi connectivity index (χ3n) is 5.12. The Morgan fingerprint density at radius 1 is 1.43 bits per heavy atom. The van der Waals surface area contributed by atoms with Crippen LogP contribution in [0.25, 0.3) is 10.9 Å². The van der Waals surface area contributed by atoms with Crippen LogP contribution in [0, 0.1) is 5.92 Å². The highest BCUT2D eigenvalue weighted by molar-refractivity contribution is 6.31. The van der Waals surface area contributed by atoms with Crippen molar-refractivity contribution < 1.29 is 4.79 Å². The Hall–Kier alpha value is -2.67. The van der Waals surface area contributed by atoms with Crippen molar-refractivity contribution in [1.82, 2.24) is 24.6 Å². The van der Waals surface area contributed by atoms with Gasteiger partial charge in [-0.15, -0.1) is 0 Å². The normalized spacial score (nSPS) is 18.4. The van der Waals surface area contributed by atoms with Crippen molar-refractivity contribution in [3.63, 3.8) is 0 Å². The van der Waals surface area contributed by atoms with Crippen LogP contribution in [-0.4, -0.2) is 37.1 Å². The maximum absolute atomic E-state index is 13.1. The highest BCUT2D eigenvalue weighted by atomic mass is 35.5. The number of aryl methyl sites for hydroxylation is 1. The van der Waals surface area contributed by atoms with Crippen LogP contribution in [0.5, 0.6) is 0 Å². The van der Waals surface area contributed by atoms with Crippen LogP contribution in [0.3, 0.4) is 0 Å². The van der Waals surface area contributed by atoms with Crippen molar-refractivity contribution in [2.75, 3.05) is 6.54 Å². The molecule has 0 radical (unpaired) electrons. The van der Waals surface area contributed by atoms with E-state index in [1.54, 1.807) is 27.8 Å². The Morgan fingerprint density at radius 2 is 2.25 bits per heavy atom. The Kier molecular flexibility index (Phi) is 4.93. The van der Waals surface area contributed by atoms with Gasteiger partial charge in [-0.3, -0.25) is 14.3 Å². The second-order valence-corrected chi connectivity index (χ2v) is 7.77. The number of aromatic nitrogens is 4. The van der Waals surface area contributed by atoms with Gasteiger partial charge in [0, 0.05) is 30.7 Å². The molecule has 0 saturated heterocycles. The molecular weight excluding hydrogens is 378 g/mol. The van der Waals surface area contributed by atoms with Crippen molar-refractivity contribution in [1.29, 1.82) is 0 Å². The number of aromatic amines is 1. The van der Waals surface area contributed by atoms with Crippen molar-refractivity contribution in [2.24, 2.45) is 13.0 Å². The number of carbonyl (C=O) groups excluding carboxylic acids is 1. The van der Waals surface area contributed by atoms with E-state index in [-0.39, 0.29) is 29.8 Å². The standard InChI is InChI=1S/C20H22ClN5O2/c1-3-6-26(20(28)16-8-15(16)12-9-22-25(2)10-12)11-18-23-17-7-13(21)4-5-14(17)19(27)24-18/h4-5,7,9-10,15-16H,3,6,8,11H2,1-2H3,(H,23,24,27). The zero-order valence-corrected chi connectivity index (χ0v) is 16.6. The third kappa shape index (κ3) is 3.67. The van der Waals surface area contributed by atoms with E-state index in [4.69, 9.17) is 11.6 Å². The Labute approximate surface area is 167 Å². The van der Waals surface area contributed by atoms with Crippen LogP contribution in [-0.2, 0) is 18.4 Å². The predicted octanol–water partition coefficient (Wildman–Crippen LogP) is 2.85. The minimum Gasteiger partial charge on any atom is -0.335 e. The number of nitrogens with zero attached hydrogens (tertiary/aromatic N) is 4. The minimum atomic E-state index is -0.222. The molecule has 1 aromatic carbocycles. The van der Waals surface area contributed by atoms with Gasteiger partial charge in [-0.05, 0) is 42.5 Å². The van der Waals surface area contributed by atoms with Crippen LogP contribution >= 0.6 is 11.6 Å². The molecule has 2 aromatic heterocycles. The first kappa shape index (κ1) is 18.7. The van der Waals surface area contributed by atoms with Gasteiger partial charge < -0.3 is 9.88 Å². The molecule has 0 aliphatic heterocycles. The van der Waals surface area contributed by atoms with Gasteiger partial charge in [0.1, 0.15) is 5.82 Å². The lowest BCUT2D eigenvalue weighted by molar-refractivity contribution is -0.133. The summed E-state index contributed by atoms with van der Waals surface area (Å²) >= 11 is 6.03. The molecular formula is C20H22ClN5O2. The second kappa shape index (κ2) is 7.39. The topological polar surface area (TPSA) is 83.9 Å². The van der Waals surface area contributed by atoms with E-state index in [0.29, 0.717) is 28.3 Å². The number of hydrogen-bond donors (Lipinski definition) is 1. The molecule has 0 bridgehead atoms. The van der Waals surface area contributed by atoms with E-state index in [0.717, 1.165) is 18.4 Å². The first-order valence-corrected chi connectivity index (χ1v) is 9.80. The quantitative estimate of drug-likeness (QED) is 0.690. The lowest BCUT2D eigenvalue weighted by Crippen LogP contribution is -2.34. The molecule has 7 nitrogen and oxygen atoms in total. The van der Waals surface area contributed by atoms with Gasteiger partial charge in [-0.25, -0.2) is 4.98 Å². The fourth-order valence-corrected chi connectivity index (χ4v) is 3.82. The number of rotatable bonds is 6. The van der Waals surface area contributed by atoms with Crippen molar-refractivity contribution >= 4 is 28.4 Å². The number of carbonyl (C=O) groups is 1. The van der Waals surface area contributed by atoms with E-state index in [9.17, 15) is 9.59 Å². The fraction of sp³-hybridized carbons (Fsp3) is 0.400. The van der Waals surface area contributed by atoms with Crippen molar-refractivity contribution in [3.8, 4) is 0 Å². The Balaban J connectivity index is 1.55. The first-order valence-electron chi connectivity index (χ1n) is 9.42. The van der Waals surface area contributed by atoms with E-state index in [1.165, 1.54) is 0 Å². The molecule has 1 fully saturated rings. The van der Waals surface area contributed by atoms with Gasteiger partial charge in [-0.1, -0.05) is 18.5 Å². The summed E-state index contributed by atoms with van der Waals surface area (Å²) in [7, 11) is 1.88. The molecule has 1 aliphatic rings. The Bertz CT molecular complexity index is 1090. The molecule has 4 rings (SSSR count). The van der Waals surface area contributed by atoms with Crippen LogP contribution in [0.1, 0.15) is 37.1 Å². The summed E-state index contributed by atoms with van der Waals surface area (Å²) in [6.07, 6.45) is 5.46. The van der Waals surface area contributed by atoms with Crippen LogP contribution in [0.4, 0.5) is 0 Å². The summed E-state index contributed by atoms with van der Waals surface area (Å²) in [6, 6.07) is 4.99. The summed E-state index contributed by atoms with van der Waals surface area (Å²) in [6.45, 7) is 2.93. The summed E-state index contributed by atoms with van der Waals surface area (Å²) in [4.78, 5) is 34.5. The summed E-state index contributed by atoms with van der Waals surface area (Å²) in [5, 5.41) is 5.21. The minimum absolute atomic E-state index is 0.0302. The molecule has 3 aromatic rings. The van der Waals surface area contributed by atoms with E-state index in [1.807, 2.05) is 26.4 Å². The molecule has 8 heteroatoms. The van der Waals surface area contributed by atoms with Gasteiger partial charge in [0.15, 0.2) is 0 Å². The smallest absolute Gasteiger partial charge is 0.258 e. The number of fused-ring (bicyclic) bond motifs is 1. The molecule has 0 spiro atoms. The largest absolute Gasteiger partial charge is 0.335 e. The monoisotopic (exact) mass is 399 g/mol. The van der Waals surface area contributed by atoms with E-state index >= 15 is 0 Å². The molecule has 2 heterocycles. The highest BCUT2D eigenvalue weighted by Gasteiger charge is 2.46. The van der Waals surface area contributed by atoms with Gasteiger partial charge in [0.2, 0.25) is 5.91 Å². The van der Waals surface area contributed by atoms with E-state index < -0.39 is 0 Å². The highest BCUT2D eigenvalue weighted by Crippen LogP contribution is 2.48. The van der Waals surface area contributed by atoms with E-state index in [2.05, 4.69) is 15.1 Å². The average Bonchev–Trinajstić information content (AvgIpc) is 3.34. The number of halogens is 1. The van der Waals surface area contributed by atoms with Gasteiger partial charge in [-0.2, -0.15) is 5.10 Å². The fourth-order valence-electron chi connectivity index (χ4n) is 3.66. The molecule has 1 aliphatic carbocycles. The predicted molar refractivity (Wildman–Crippen MR) is 107 cm³/mol. The van der Waals surface area contributed by atoms with Crippen molar-refractivity contribution in [3.05, 3.63) is 57.4 Å². The maximum Gasteiger partial charge on any atom is 0.258 e. The lowest BCUT2D eigenvalue weighted by Gasteiger charge is -2.22. The Morgan fingerprint density at radius 3 is 2.96 bits per heavy atom. The van der Waals surface area contributed by atoms with Gasteiger partial charge >= 0.3 is 0 Å². The van der Waals surface area contributed by atoms with Crippen LogP contribution < -0.4 is 5.56 Å². The first-order chi connectivity index (χ1) is 13.5. The van der Waals surface area contributed by atoms with Gasteiger partial charge in [0.25, 0.3) is 5.56 Å². The van der Waals surface area contributed by atoms with Crippen LogP contribution in [0.2, 0.25) is 5.02 Å². The zero-order chi connectivity index (χ0) is 19.8. The molecule has 2 atom stereocenters.